The van der Waals surface area contributed by atoms with Gasteiger partial charge in [0.2, 0.25) is 0 Å². The van der Waals surface area contributed by atoms with Crippen LogP contribution in [0.25, 0.3) is 0 Å². The van der Waals surface area contributed by atoms with E-state index in [0.717, 1.165) is 43.1 Å². The normalized spacial score (nSPS) is 16.0. The maximum atomic E-state index is 13.1. The Balaban J connectivity index is 1.59. The van der Waals surface area contributed by atoms with E-state index in [2.05, 4.69) is 31.7 Å². The number of rotatable bonds is 6. The van der Waals surface area contributed by atoms with E-state index in [9.17, 15) is 13.2 Å². The van der Waals surface area contributed by atoms with Crippen LogP contribution in [0, 0.1) is 0 Å². The third kappa shape index (κ3) is 5.96. The molecule has 2 heterocycles. The lowest BCUT2D eigenvalue weighted by Crippen LogP contribution is -2.38. The smallest absolute Gasteiger partial charge is 0.379 e. The highest BCUT2D eigenvalue weighted by atomic mass is 19.4. The van der Waals surface area contributed by atoms with Crippen molar-refractivity contribution in [2.24, 2.45) is 12.0 Å². The van der Waals surface area contributed by atoms with Crippen LogP contribution in [0.1, 0.15) is 22.4 Å². The van der Waals surface area contributed by atoms with Crippen LogP contribution in [-0.4, -0.2) is 54.0 Å². The van der Waals surface area contributed by atoms with Crippen molar-refractivity contribution in [3.63, 3.8) is 0 Å². The zero-order valence-electron chi connectivity index (χ0n) is 17.2. The van der Waals surface area contributed by atoms with Crippen molar-refractivity contribution in [3.05, 3.63) is 52.8 Å². The summed E-state index contributed by atoms with van der Waals surface area (Å²) in [5, 5.41) is 9.65. The molecule has 2 aromatic rings. The molecule has 1 aliphatic rings. The molecule has 1 saturated heterocycles. The van der Waals surface area contributed by atoms with Gasteiger partial charge in [0.1, 0.15) is 0 Å². The molecule has 0 spiro atoms. The number of aliphatic imine (C=N–C) groups is 1. The van der Waals surface area contributed by atoms with Gasteiger partial charge in [0.15, 0.2) is 11.7 Å². The maximum Gasteiger partial charge on any atom is 0.435 e. The van der Waals surface area contributed by atoms with Gasteiger partial charge in [-0.3, -0.25) is 14.6 Å². The third-order valence-electron chi connectivity index (χ3n) is 4.91. The quantitative estimate of drug-likeness (QED) is 0.550. The van der Waals surface area contributed by atoms with E-state index < -0.39 is 11.9 Å². The second-order valence-corrected chi connectivity index (χ2v) is 7.11. The molecule has 1 aromatic heterocycles. The zero-order chi connectivity index (χ0) is 21.6. The van der Waals surface area contributed by atoms with Crippen LogP contribution in [-0.2, 0) is 37.6 Å². The Kier molecular flexibility index (Phi) is 7.33. The largest absolute Gasteiger partial charge is 0.435 e. The van der Waals surface area contributed by atoms with Crippen molar-refractivity contribution in [1.82, 2.24) is 25.3 Å². The van der Waals surface area contributed by atoms with Gasteiger partial charge < -0.3 is 15.4 Å². The van der Waals surface area contributed by atoms with Crippen molar-refractivity contribution in [2.45, 2.75) is 25.8 Å². The summed E-state index contributed by atoms with van der Waals surface area (Å²) in [5.41, 5.74) is 1.50. The van der Waals surface area contributed by atoms with Crippen LogP contribution in [0.5, 0.6) is 0 Å². The molecule has 10 heteroatoms. The Morgan fingerprint density at radius 3 is 2.37 bits per heavy atom. The number of hydrogen-bond donors (Lipinski definition) is 2. The van der Waals surface area contributed by atoms with Gasteiger partial charge in [-0.25, -0.2) is 0 Å². The lowest BCUT2D eigenvalue weighted by atomic mass is 10.1. The summed E-state index contributed by atoms with van der Waals surface area (Å²) in [5.74, 6) is 0.424. The Bertz CT molecular complexity index is 858. The second kappa shape index (κ2) is 9.94. The highest BCUT2D eigenvalue weighted by Gasteiger charge is 2.36. The third-order valence-corrected chi connectivity index (χ3v) is 4.91. The molecular formula is C20H27F3N6O. The summed E-state index contributed by atoms with van der Waals surface area (Å²) in [7, 11) is 3.06. The van der Waals surface area contributed by atoms with Gasteiger partial charge in [-0.05, 0) is 11.1 Å². The molecule has 0 amide bonds. The number of halogens is 3. The molecule has 0 saturated carbocycles. The Labute approximate surface area is 173 Å². The second-order valence-electron chi connectivity index (χ2n) is 7.11. The van der Waals surface area contributed by atoms with Crippen LogP contribution in [0.3, 0.4) is 0 Å². The average molecular weight is 424 g/mol. The minimum Gasteiger partial charge on any atom is -0.379 e. The Morgan fingerprint density at radius 1 is 1.10 bits per heavy atom. The fourth-order valence-electron chi connectivity index (χ4n) is 3.37. The number of guanidine groups is 1. The highest BCUT2D eigenvalue weighted by Crippen LogP contribution is 2.30. The number of aryl methyl sites for hydroxylation is 1. The first kappa shape index (κ1) is 22.1. The summed E-state index contributed by atoms with van der Waals surface area (Å²) < 4.78 is 45.9. The molecule has 1 fully saturated rings. The SMILES string of the molecule is CN=C(NCc1ccccc1CN1CCOCC1)NCc1cn(C)nc1C(F)(F)F. The van der Waals surface area contributed by atoms with Gasteiger partial charge in [-0.15, -0.1) is 0 Å². The molecule has 3 rings (SSSR count). The summed E-state index contributed by atoms with van der Waals surface area (Å²) in [6.07, 6.45) is -3.13. The van der Waals surface area contributed by atoms with E-state index >= 15 is 0 Å². The van der Waals surface area contributed by atoms with E-state index in [0.29, 0.717) is 12.5 Å². The number of ether oxygens (including phenoxy) is 1. The molecule has 0 atom stereocenters. The molecule has 164 valence electrons. The number of aromatic nitrogens is 2. The first-order valence-electron chi connectivity index (χ1n) is 9.78. The Hall–Kier alpha value is -2.59. The summed E-state index contributed by atoms with van der Waals surface area (Å²) >= 11 is 0. The number of nitrogens with one attached hydrogen (secondary N) is 2. The number of alkyl halides is 3. The van der Waals surface area contributed by atoms with Crippen molar-refractivity contribution in [2.75, 3.05) is 33.4 Å². The monoisotopic (exact) mass is 424 g/mol. The van der Waals surface area contributed by atoms with Gasteiger partial charge in [-0.2, -0.15) is 18.3 Å². The molecule has 1 aliphatic heterocycles. The van der Waals surface area contributed by atoms with Crippen LogP contribution < -0.4 is 10.6 Å². The summed E-state index contributed by atoms with van der Waals surface area (Å²) in [6, 6.07) is 8.11. The number of hydrogen-bond acceptors (Lipinski definition) is 4. The van der Waals surface area contributed by atoms with E-state index in [1.807, 2.05) is 18.2 Å². The fourth-order valence-corrected chi connectivity index (χ4v) is 3.37. The van der Waals surface area contributed by atoms with Crippen LogP contribution in [0.2, 0.25) is 0 Å². The van der Waals surface area contributed by atoms with E-state index in [-0.39, 0.29) is 12.1 Å². The molecule has 0 aliphatic carbocycles. The van der Waals surface area contributed by atoms with Gasteiger partial charge in [0, 0.05) is 58.6 Å². The van der Waals surface area contributed by atoms with Gasteiger partial charge in [0.25, 0.3) is 0 Å². The molecule has 0 bridgehead atoms. The topological polar surface area (TPSA) is 66.7 Å². The zero-order valence-corrected chi connectivity index (χ0v) is 17.2. The van der Waals surface area contributed by atoms with E-state index in [1.165, 1.54) is 18.8 Å². The highest BCUT2D eigenvalue weighted by molar-refractivity contribution is 5.79. The lowest BCUT2D eigenvalue weighted by Gasteiger charge is -2.27. The maximum absolute atomic E-state index is 13.1. The standard InChI is InChI=1S/C20H27F3N6O/c1-24-19(26-12-17-13-28(2)27-18(17)20(21,22)23)25-11-15-5-3-4-6-16(15)14-29-7-9-30-10-8-29/h3-6,13H,7-12,14H2,1-2H3,(H2,24,25,26). The fraction of sp³-hybridized carbons (Fsp3) is 0.500. The number of nitrogens with zero attached hydrogens (tertiary/aromatic N) is 4. The first-order chi connectivity index (χ1) is 14.4. The van der Waals surface area contributed by atoms with Crippen LogP contribution in [0.4, 0.5) is 13.2 Å². The predicted molar refractivity (Wildman–Crippen MR) is 108 cm³/mol. The molecule has 2 N–H and O–H groups in total. The van der Waals surface area contributed by atoms with Gasteiger partial charge in [-0.1, -0.05) is 24.3 Å². The van der Waals surface area contributed by atoms with Crippen LogP contribution >= 0.6 is 0 Å². The summed E-state index contributed by atoms with van der Waals surface area (Å²) in [6.45, 7) is 4.60. The van der Waals surface area contributed by atoms with Crippen molar-refractivity contribution < 1.29 is 17.9 Å². The molecule has 0 unspecified atom stereocenters. The molecular weight excluding hydrogens is 397 g/mol. The number of benzene rings is 1. The van der Waals surface area contributed by atoms with Crippen LogP contribution in [0.15, 0.2) is 35.5 Å². The molecule has 7 nitrogen and oxygen atoms in total. The van der Waals surface area contributed by atoms with E-state index in [1.54, 1.807) is 7.05 Å². The predicted octanol–water partition coefficient (Wildman–Crippen LogP) is 2.14. The average Bonchev–Trinajstić information content (AvgIpc) is 3.11. The van der Waals surface area contributed by atoms with Crippen molar-refractivity contribution in [3.8, 4) is 0 Å². The van der Waals surface area contributed by atoms with Crippen molar-refractivity contribution >= 4 is 5.96 Å². The van der Waals surface area contributed by atoms with Gasteiger partial charge in [0.05, 0.1) is 13.2 Å². The number of morpholine rings is 1. The minimum absolute atomic E-state index is 0.0300. The van der Waals surface area contributed by atoms with Gasteiger partial charge >= 0.3 is 6.18 Å². The van der Waals surface area contributed by atoms with E-state index in [4.69, 9.17) is 4.74 Å². The molecule has 0 radical (unpaired) electrons. The molecule has 30 heavy (non-hydrogen) atoms. The Morgan fingerprint density at radius 2 is 1.73 bits per heavy atom. The summed E-state index contributed by atoms with van der Waals surface area (Å²) in [4.78, 5) is 6.46. The van der Waals surface area contributed by atoms with Crippen molar-refractivity contribution in [1.29, 1.82) is 0 Å². The lowest BCUT2D eigenvalue weighted by molar-refractivity contribution is -0.142. The first-order valence-corrected chi connectivity index (χ1v) is 9.78. The minimum atomic E-state index is -4.49. The molecule has 1 aromatic carbocycles.